The minimum Gasteiger partial charge on any atom is -0.507 e. The molecule has 1 aromatic carbocycles. The summed E-state index contributed by atoms with van der Waals surface area (Å²) in [5.74, 6) is 1.70. The molecular formula is C15H21NO3. The van der Waals surface area contributed by atoms with Crippen molar-refractivity contribution in [3.63, 3.8) is 0 Å². The fraction of sp³-hybridized carbons (Fsp3) is 0.600. The van der Waals surface area contributed by atoms with Gasteiger partial charge in [0.1, 0.15) is 5.75 Å². The Kier molecular flexibility index (Phi) is 3.51. The van der Waals surface area contributed by atoms with Crippen LogP contribution in [0, 0.1) is 0 Å². The third-order valence-corrected chi connectivity index (χ3v) is 4.17. The van der Waals surface area contributed by atoms with E-state index in [1.54, 1.807) is 6.07 Å². The van der Waals surface area contributed by atoms with E-state index in [0.29, 0.717) is 17.5 Å². The molecule has 19 heavy (non-hydrogen) atoms. The van der Waals surface area contributed by atoms with Crippen LogP contribution in [-0.2, 0) is 6.54 Å². The van der Waals surface area contributed by atoms with E-state index in [4.69, 9.17) is 9.47 Å². The molecule has 0 bridgehead atoms. The van der Waals surface area contributed by atoms with Crippen molar-refractivity contribution in [1.29, 1.82) is 0 Å². The van der Waals surface area contributed by atoms with Crippen LogP contribution in [0.5, 0.6) is 17.2 Å². The molecule has 4 nitrogen and oxygen atoms in total. The number of hydrogen-bond acceptors (Lipinski definition) is 4. The molecule has 2 aliphatic heterocycles. The molecule has 1 aromatic rings. The molecule has 2 heterocycles. The molecule has 2 aliphatic rings. The predicted octanol–water partition coefficient (Wildman–Crippen LogP) is 2.89. The van der Waals surface area contributed by atoms with E-state index in [1.807, 2.05) is 6.07 Å². The molecule has 1 saturated heterocycles. The maximum absolute atomic E-state index is 10.1. The van der Waals surface area contributed by atoms with Crippen LogP contribution in [0.25, 0.3) is 0 Å². The van der Waals surface area contributed by atoms with Crippen LogP contribution in [0.4, 0.5) is 0 Å². The van der Waals surface area contributed by atoms with Gasteiger partial charge in [0.25, 0.3) is 0 Å². The highest BCUT2D eigenvalue weighted by molar-refractivity contribution is 5.51. The third-order valence-electron chi connectivity index (χ3n) is 4.17. The Labute approximate surface area is 113 Å². The maximum atomic E-state index is 10.1. The van der Waals surface area contributed by atoms with Gasteiger partial charge < -0.3 is 14.6 Å². The Morgan fingerprint density at radius 2 is 2.05 bits per heavy atom. The second-order valence-electron chi connectivity index (χ2n) is 5.36. The van der Waals surface area contributed by atoms with Crippen LogP contribution in [-0.4, -0.2) is 29.4 Å². The average Bonchev–Trinajstić information content (AvgIpc) is 2.87. The second-order valence-corrected chi connectivity index (χ2v) is 5.36. The molecule has 3 rings (SSSR count). The van der Waals surface area contributed by atoms with Gasteiger partial charge in [-0.25, -0.2) is 0 Å². The van der Waals surface area contributed by atoms with E-state index >= 15 is 0 Å². The summed E-state index contributed by atoms with van der Waals surface area (Å²) in [5.41, 5.74) is 0.935. The zero-order valence-corrected chi connectivity index (χ0v) is 11.4. The molecule has 0 aromatic heterocycles. The lowest BCUT2D eigenvalue weighted by Gasteiger charge is -2.35. The predicted molar refractivity (Wildman–Crippen MR) is 72.6 cm³/mol. The van der Waals surface area contributed by atoms with Crippen LogP contribution < -0.4 is 9.47 Å². The number of ether oxygens (including phenoxy) is 2. The van der Waals surface area contributed by atoms with E-state index in [0.717, 1.165) is 24.4 Å². The Hall–Kier alpha value is -1.42. The van der Waals surface area contributed by atoms with E-state index in [1.165, 1.54) is 25.7 Å². The summed E-state index contributed by atoms with van der Waals surface area (Å²) in [6, 6.07) is 4.22. The van der Waals surface area contributed by atoms with Gasteiger partial charge in [0, 0.05) is 24.2 Å². The molecule has 1 atom stereocenters. The van der Waals surface area contributed by atoms with Crippen LogP contribution in [0.3, 0.4) is 0 Å². The summed E-state index contributed by atoms with van der Waals surface area (Å²) in [6.07, 6.45) is 5.01. The van der Waals surface area contributed by atoms with E-state index in [9.17, 15) is 5.11 Å². The molecule has 0 unspecified atom stereocenters. The summed E-state index contributed by atoms with van der Waals surface area (Å²) in [5, 5.41) is 10.1. The highest BCUT2D eigenvalue weighted by atomic mass is 16.7. The van der Waals surface area contributed by atoms with Crippen molar-refractivity contribution < 1.29 is 14.6 Å². The number of piperidine rings is 1. The monoisotopic (exact) mass is 263 g/mol. The van der Waals surface area contributed by atoms with E-state index in [2.05, 4.69) is 11.8 Å². The number of phenolic OH excluding ortho intramolecular Hbond substituents is 1. The first-order valence-corrected chi connectivity index (χ1v) is 7.13. The SMILES string of the molecule is CC[C@@H]1CCCCN1Cc1cc2c(cc1O)OCO2. The first-order chi connectivity index (χ1) is 9.28. The van der Waals surface area contributed by atoms with Gasteiger partial charge >= 0.3 is 0 Å². The highest BCUT2D eigenvalue weighted by Crippen LogP contribution is 2.38. The minimum absolute atomic E-state index is 0.250. The lowest BCUT2D eigenvalue weighted by atomic mass is 9.99. The Morgan fingerprint density at radius 1 is 1.26 bits per heavy atom. The Bertz CT molecular complexity index is 461. The zero-order valence-electron chi connectivity index (χ0n) is 11.4. The smallest absolute Gasteiger partial charge is 0.231 e. The van der Waals surface area contributed by atoms with Crippen molar-refractivity contribution in [3.05, 3.63) is 17.7 Å². The molecule has 0 aliphatic carbocycles. The van der Waals surface area contributed by atoms with Gasteiger partial charge in [-0.2, -0.15) is 0 Å². The van der Waals surface area contributed by atoms with Crippen molar-refractivity contribution >= 4 is 0 Å². The van der Waals surface area contributed by atoms with E-state index in [-0.39, 0.29) is 6.79 Å². The van der Waals surface area contributed by atoms with Crippen molar-refractivity contribution in [1.82, 2.24) is 4.90 Å². The number of nitrogens with zero attached hydrogens (tertiary/aromatic N) is 1. The first-order valence-electron chi connectivity index (χ1n) is 7.13. The summed E-state index contributed by atoms with van der Waals surface area (Å²) >= 11 is 0. The van der Waals surface area contributed by atoms with Gasteiger partial charge in [-0.3, -0.25) is 4.90 Å². The van der Waals surface area contributed by atoms with Crippen molar-refractivity contribution in [2.75, 3.05) is 13.3 Å². The minimum atomic E-state index is 0.250. The fourth-order valence-electron chi connectivity index (χ4n) is 3.05. The second kappa shape index (κ2) is 5.29. The number of phenols is 1. The summed E-state index contributed by atoms with van der Waals surface area (Å²) < 4.78 is 10.7. The molecule has 4 heteroatoms. The molecule has 104 valence electrons. The topological polar surface area (TPSA) is 41.9 Å². The molecule has 0 saturated carbocycles. The van der Waals surface area contributed by atoms with E-state index < -0.39 is 0 Å². The van der Waals surface area contributed by atoms with Gasteiger partial charge in [-0.1, -0.05) is 13.3 Å². The standard InChI is InChI=1S/C15H21NO3/c1-2-12-5-3-4-6-16(12)9-11-7-14-15(8-13(11)17)19-10-18-14/h7-8,12,17H,2-6,9-10H2,1H3/t12-/m1/s1. The first kappa shape index (κ1) is 12.6. The fourth-order valence-corrected chi connectivity index (χ4v) is 3.05. The Morgan fingerprint density at radius 3 is 2.84 bits per heavy atom. The maximum Gasteiger partial charge on any atom is 0.231 e. The van der Waals surface area contributed by atoms with Gasteiger partial charge in [0.05, 0.1) is 0 Å². The molecular weight excluding hydrogens is 242 g/mol. The van der Waals surface area contributed by atoms with Gasteiger partial charge in [0.15, 0.2) is 11.5 Å². The number of hydrogen-bond donors (Lipinski definition) is 1. The summed E-state index contributed by atoms with van der Waals surface area (Å²) in [4.78, 5) is 2.47. The summed E-state index contributed by atoms with van der Waals surface area (Å²) in [6.45, 7) is 4.40. The molecule has 0 amide bonds. The molecule has 1 fully saturated rings. The van der Waals surface area contributed by atoms with Crippen LogP contribution in [0.2, 0.25) is 0 Å². The molecule has 0 radical (unpaired) electrons. The number of rotatable bonds is 3. The van der Waals surface area contributed by atoms with Crippen LogP contribution in [0.15, 0.2) is 12.1 Å². The van der Waals surface area contributed by atoms with Crippen LogP contribution >= 0.6 is 0 Å². The lowest BCUT2D eigenvalue weighted by molar-refractivity contribution is 0.135. The van der Waals surface area contributed by atoms with Gasteiger partial charge in [0.2, 0.25) is 6.79 Å². The summed E-state index contributed by atoms with van der Waals surface area (Å²) in [7, 11) is 0. The largest absolute Gasteiger partial charge is 0.507 e. The number of likely N-dealkylation sites (tertiary alicyclic amines) is 1. The van der Waals surface area contributed by atoms with Crippen molar-refractivity contribution in [2.24, 2.45) is 0 Å². The van der Waals surface area contributed by atoms with Gasteiger partial charge in [-0.05, 0) is 31.9 Å². The quantitative estimate of drug-likeness (QED) is 0.910. The average molecular weight is 263 g/mol. The number of fused-ring (bicyclic) bond motifs is 1. The van der Waals surface area contributed by atoms with Crippen molar-refractivity contribution in [2.45, 2.75) is 45.2 Å². The molecule has 1 N–H and O–H groups in total. The zero-order chi connectivity index (χ0) is 13.2. The normalized spacial score (nSPS) is 22.7. The van der Waals surface area contributed by atoms with Crippen molar-refractivity contribution in [3.8, 4) is 17.2 Å². The Balaban J connectivity index is 1.78. The number of benzene rings is 1. The third kappa shape index (κ3) is 2.50. The van der Waals surface area contributed by atoms with Gasteiger partial charge in [-0.15, -0.1) is 0 Å². The number of aromatic hydroxyl groups is 1. The van der Waals surface area contributed by atoms with Crippen LogP contribution in [0.1, 0.15) is 38.2 Å². The lowest BCUT2D eigenvalue weighted by Crippen LogP contribution is -2.38. The molecule has 0 spiro atoms. The highest BCUT2D eigenvalue weighted by Gasteiger charge is 2.23.